The molecule has 6 heteroatoms. The highest BCUT2D eigenvalue weighted by Gasteiger charge is 2.12. The standard InChI is InChI=1S/C15H14FN3O2/c1-18(2)9-7-13(20)15-14(21)8-10-19(17-15)12-6-4-3-5-11(12)16/h3-10H,1-2H3/b9-7+. The molecule has 0 N–H and O–H groups in total. The molecule has 1 aromatic carbocycles. The largest absolute Gasteiger partial charge is 0.383 e. The van der Waals surface area contributed by atoms with Crippen molar-refractivity contribution < 1.29 is 9.18 Å². The van der Waals surface area contributed by atoms with Crippen LogP contribution >= 0.6 is 0 Å². The number of carbonyl (C=O) groups excluding carboxylic acids is 1. The van der Waals surface area contributed by atoms with Crippen LogP contribution in [0.3, 0.4) is 0 Å². The minimum absolute atomic E-state index is 0.170. The summed E-state index contributed by atoms with van der Waals surface area (Å²) >= 11 is 0. The van der Waals surface area contributed by atoms with E-state index in [-0.39, 0.29) is 11.4 Å². The molecule has 0 spiro atoms. The molecule has 5 nitrogen and oxygen atoms in total. The predicted molar refractivity (Wildman–Crippen MR) is 76.9 cm³/mol. The number of halogens is 1. The van der Waals surface area contributed by atoms with Gasteiger partial charge in [-0.1, -0.05) is 12.1 Å². The van der Waals surface area contributed by atoms with Gasteiger partial charge in [0.25, 0.3) is 0 Å². The van der Waals surface area contributed by atoms with Crippen LogP contribution in [0.4, 0.5) is 4.39 Å². The van der Waals surface area contributed by atoms with E-state index in [1.165, 1.54) is 41.4 Å². The highest BCUT2D eigenvalue weighted by atomic mass is 19.1. The Kier molecular flexibility index (Phi) is 4.27. The Morgan fingerprint density at radius 1 is 1.29 bits per heavy atom. The van der Waals surface area contributed by atoms with Crippen molar-refractivity contribution in [1.29, 1.82) is 0 Å². The Balaban J connectivity index is 2.45. The maximum atomic E-state index is 13.7. The van der Waals surface area contributed by atoms with Gasteiger partial charge >= 0.3 is 0 Å². The number of hydrogen-bond donors (Lipinski definition) is 0. The summed E-state index contributed by atoms with van der Waals surface area (Å²) < 4.78 is 14.9. The Morgan fingerprint density at radius 2 is 2.00 bits per heavy atom. The summed E-state index contributed by atoms with van der Waals surface area (Å²) in [7, 11) is 3.50. The number of rotatable bonds is 4. The lowest BCUT2D eigenvalue weighted by atomic mass is 10.2. The third-order valence-corrected chi connectivity index (χ3v) is 2.66. The van der Waals surface area contributed by atoms with Crippen LogP contribution in [0.15, 0.2) is 53.6 Å². The Labute approximate surface area is 120 Å². The first kappa shape index (κ1) is 14.6. The zero-order valence-electron chi connectivity index (χ0n) is 11.7. The SMILES string of the molecule is CN(C)/C=C/C(=O)c1nn(-c2ccccc2F)ccc1=O. The molecular formula is C15H14FN3O2. The number of allylic oxidation sites excluding steroid dienone is 1. The summed E-state index contributed by atoms with van der Waals surface area (Å²) in [6, 6.07) is 7.17. The van der Waals surface area contributed by atoms with Crippen LogP contribution < -0.4 is 5.43 Å². The first-order chi connectivity index (χ1) is 9.99. The van der Waals surface area contributed by atoms with Gasteiger partial charge in [-0.25, -0.2) is 9.07 Å². The Hall–Kier alpha value is -2.76. The van der Waals surface area contributed by atoms with Crippen LogP contribution in [0.1, 0.15) is 10.5 Å². The van der Waals surface area contributed by atoms with Gasteiger partial charge in [0.15, 0.2) is 5.69 Å². The van der Waals surface area contributed by atoms with E-state index in [2.05, 4.69) is 5.10 Å². The first-order valence-electron chi connectivity index (χ1n) is 6.23. The van der Waals surface area contributed by atoms with Gasteiger partial charge in [0, 0.05) is 38.6 Å². The maximum Gasteiger partial charge on any atom is 0.211 e. The van der Waals surface area contributed by atoms with E-state index in [9.17, 15) is 14.0 Å². The second-order valence-electron chi connectivity index (χ2n) is 4.57. The second-order valence-corrected chi connectivity index (χ2v) is 4.57. The zero-order valence-corrected chi connectivity index (χ0v) is 11.7. The summed E-state index contributed by atoms with van der Waals surface area (Å²) in [4.78, 5) is 25.4. The number of ketones is 1. The fourth-order valence-electron chi connectivity index (χ4n) is 1.65. The molecular weight excluding hydrogens is 273 g/mol. The molecule has 0 atom stereocenters. The summed E-state index contributed by atoms with van der Waals surface area (Å²) in [5.41, 5.74) is -0.585. The van der Waals surface area contributed by atoms with Crippen molar-refractivity contribution in [2.45, 2.75) is 0 Å². The molecule has 21 heavy (non-hydrogen) atoms. The highest BCUT2D eigenvalue weighted by molar-refractivity contribution is 6.02. The first-order valence-corrected chi connectivity index (χ1v) is 6.23. The number of hydrogen-bond acceptors (Lipinski definition) is 4. The van der Waals surface area contributed by atoms with Gasteiger partial charge in [-0.2, -0.15) is 5.10 Å². The molecule has 2 rings (SSSR count). The van der Waals surface area contributed by atoms with Crippen molar-refractivity contribution in [2.24, 2.45) is 0 Å². The normalized spacial score (nSPS) is 10.8. The van der Waals surface area contributed by atoms with E-state index >= 15 is 0 Å². The lowest BCUT2D eigenvalue weighted by Gasteiger charge is -2.07. The van der Waals surface area contributed by atoms with Gasteiger partial charge in [-0.15, -0.1) is 0 Å². The van der Waals surface area contributed by atoms with Crippen molar-refractivity contribution in [3.63, 3.8) is 0 Å². The number of nitrogens with zero attached hydrogens (tertiary/aromatic N) is 3. The lowest BCUT2D eigenvalue weighted by molar-refractivity contribution is 0.103. The number of aromatic nitrogens is 2. The van der Waals surface area contributed by atoms with Crippen molar-refractivity contribution >= 4 is 5.78 Å². The fraction of sp³-hybridized carbons (Fsp3) is 0.133. The summed E-state index contributed by atoms with van der Waals surface area (Å²) in [5.74, 6) is -1.02. The second kappa shape index (κ2) is 6.13. The van der Waals surface area contributed by atoms with E-state index in [4.69, 9.17) is 0 Å². The fourth-order valence-corrected chi connectivity index (χ4v) is 1.65. The third kappa shape index (κ3) is 3.42. The van der Waals surface area contributed by atoms with Crippen molar-refractivity contribution in [3.8, 4) is 5.69 Å². The minimum Gasteiger partial charge on any atom is -0.383 e. The van der Waals surface area contributed by atoms with Crippen LogP contribution in [0.5, 0.6) is 0 Å². The number of carbonyl (C=O) groups is 1. The van der Waals surface area contributed by atoms with Crippen LogP contribution in [0.25, 0.3) is 5.69 Å². The van der Waals surface area contributed by atoms with E-state index in [0.717, 1.165) is 0 Å². The topological polar surface area (TPSA) is 55.2 Å². The third-order valence-electron chi connectivity index (χ3n) is 2.66. The smallest absolute Gasteiger partial charge is 0.211 e. The van der Waals surface area contributed by atoms with Crippen LogP contribution in [0.2, 0.25) is 0 Å². The molecule has 0 aliphatic carbocycles. The summed E-state index contributed by atoms with van der Waals surface area (Å²) in [6.45, 7) is 0. The molecule has 2 aromatic rings. The van der Waals surface area contributed by atoms with E-state index in [1.54, 1.807) is 31.1 Å². The molecule has 0 saturated carbocycles. The Bertz CT molecular complexity index is 751. The molecule has 0 fully saturated rings. The van der Waals surface area contributed by atoms with Crippen LogP contribution in [-0.4, -0.2) is 34.6 Å². The average Bonchev–Trinajstić information content (AvgIpc) is 2.46. The molecule has 108 valence electrons. The molecule has 0 bridgehead atoms. The minimum atomic E-state index is -0.528. The molecule has 0 amide bonds. The molecule has 1 aromatic heterocycles. The quantitative estimate of drug-likeness (QED) is 0.633. The van der Waals surface area contributed by atoms with Crippen molar-refractivity contribution in [2.75, 3.05) is 14.1 Å². The number of para-hydroxylation sites is 1. The maximum absolute atomic E-state index is 13.7. The van der Waals surface area contributed by atoms with E-state index < -0.39 is 17.0 Å². The van der Waals surface area contributed by atoms with Gasteiger partial charge in [0.2, 0.25) is 11.2 Å². The van der Waals surface area contributed by atoms with Gasteiger partial charge in [-0.3, -0.25) is 9.59 Å². The monoisotopic (exact) mass is 287 g/mol. The van der Waals surface area contributed by atoms with Crippen molar-refractivity contribution in [3.05, 3.63) is 70.5 Å². The highest BCUT2D eigenvalue weighted by Crippen LogP contribution is 2.10. The van der Waals surface area contributed by atoms with Gasteiger partial charge in [-0.05, 0) is 12.1 Å². The van der Waals surface area contributed by atoms with Gasteiger partial charge in [0.05, 0.1) is 0 Å². The summed E-state index contributed by atoms with van der Waals surface area (Å²) in [5, 5.41) is 3.93. The van der Waals surface area contributed by atoms with E-state index in [1.807, 2.05) is 0 Å². The molecule has 0 unspecified atom stereocenters. The van der Waals surface area contributed by atoms with Gasteiger partial charge in [0.1, 0.15) is 11.5 Å². The van der Waals surface area contributed by atoms with E-state index in [0.29, 0.717) is 0 Å². The molecule has 0 radical (unpaired) electrons. The number of benzene rings is 1. The molecule has 0 aliphatic heterocycles. The molecule has 1 heterocycles. The molecule has 0 saturated heterocycles. The Morgan fingerprint density at radius 3 is 2.67 bits per heavy atom. The van der Waals surface area contributed by atoms with Crippen LogP contribution in [0, 0.1) is 5.82 Å². The zero-order chi connectivity index (χ0) is 15.4. The predicted octanol–water partition coefficient (Wildman–Crippen LogP) is 1.63. The van der Waals surface area contributed by atoms with Crippen molar-refractivity contribution in [1.82, 2.24) is 14.7 Å². The van der Waals surface area contributed by atoms with Gasteiger partial charge < -0.3 is 4.90 Å². The molecule has 0 aliphatic rings. The van der Waals surface area contributed by atoms with Crippen LogP contribution in [-0.2, 0) is 0 Å². The average molecular weight is 287 g/mol. The summed E-state index contributed by atoms with van der Waals surface area (Å²) in [6.07, 6.45) is 4.09. The lowest BCUT2D eigenvalue weighted by Crippen LogP contribution is -2.20.